The number of nitrogens with zero attached hydrogens (tertiary/aromatic N) is 1. The highest BCUT2D eigenvalue weighted by Gasteiger charge is 2.26. The van der Waals surface area contributed by atoms with Crippen molar-refractivity contribution in [1.82, 2.24) is 4.72 Å². The van der Waals surface area contributed by atoms with E-state index in [1.54, 1.807) is 23.1 Å². The molecule has 1 heterocycles. The molecular formula is C22H18ClFN2O3S. The van der Waals surface area contributed by atoms with Crippen LogP contribution in [-0.2, 0) is 23.0 Å². The molecule has 30 heavy (non-hydrogen) atoms. The summed E-state index contributed by atoms with van der Waals surface area (Å²) in [5.74, 6) is -0.582. The first-order valence-corrected chi connectivity index (χ1v) is 11.1. The Morgan fingerprint density at radius 2 is 1.83 bits per heavy atom. The lowest BCUT2D eigenvalue weighted by Gasteiger charge is -2.18. The third kappa shape index (κ3) is 4.23. The highest BCUT2D eigenvalue weighted by atomic mass is 35.5. The van der Waals surface area contributed by atoms with Crippen LogP contribution >= 0.6 is 11.6 Å². The SMILES string of the molecule is O=C(c1ccc(F)cc1)N1CCc2cc(CNS(=O)(=O)c3cccc(Cl)c3)ccc21. The van der Waals surface area contributed by atoms with Crippen LogP contribution in [-0.4, -0.2) is 20.9 Å². The summed E-state index contributed by atoms with van der Waals surface area (Å²) in [5.41, 5.74) is 2.95. The fraction of sp³-hybridized carbons (Fsp3) is 0.136. The lowest BCUT2D eigenvalue weighted by atomic mass is 10.1. The minimum Gasteiger partial charge on any atom is -0.308 e. The van der Waals surface area contributed by atoms with E-state index in [9.17, 15) is 17.6 Å². The zero-order valence-corrected chi connectivity index (χ0v) is 17.4. The number of rotatable bonds is 5. The van der Waals surface area contributed by atoms with E-state index < -0.39 is 15.8 Å². The predicted molar refractivity (Wildman–Crippen MR) is 114 cm³/mol. The minimum absolute atomic E-state index is 0.104. The Labute approximate surface area is 179 Å². The van der Waals surface area contributed by atoms with Crippen molar-refractivity contribution >= 4 is 33.2 Å². The number of nitrogens with one attached hydrogen (secondary N) is 1. The number of amides is 1. The summed E-state index contributed by atoms with van der Waals surface area (Å²) in [6.45, 7) is 0.636. The van der Waals surface area contributed by atoms with Crippen LogP contribution in [0.5, 0.6) is 0 Å². The molecule has 5 nitrogen and oxygen atoms in total. The van der Waals surface area contributed by atoms with Gasteiger partial charge in [0.15, 0.2) is 0 Å². The number of carbonyl (C=O) groups excluding carboxylic acids is 1. The average molecular weight is 445 g/mol. The monoisotopic (exact) mass is 444 g/mol. The van der Waals surface area contributed by atoms with Gasteiger partial charge >= 0.3 is 0 Å². The van der Waals surface area contributed by atoms with Crippen molar-refractivity contribution in [2.75, 3.05) is 11.4 Å². The van der Waals surface area contributed by atoms with Gasteiger partial charge in [-0.3, -0.25) is 4.79 Å². The molecule has 0 fully saturated rings. The molecule has 0 aliphatic carbocycles. The molecule has 3 aromatic carbocycles. The Hall–Kier alpha value is -2.74. The number of benzene rings is 3. The smallest absolute Gasteiger partial charge is 0.258 e. The Morgan fingerprint density at radius 1 is 1.07 bits per heavy atom. The summed E-state index contributed by atoms with van der Waals surface area (Å²) >= 11 is 5.88. The molecule has 0 saturated heterocycles. The van der Waals surface area contributed by atoms with Gasteiger partial charge in [-0.1, -0.05) is 29.8 Å². The summed E-state index contributed by atoms with van der Waals surface area (Å²) in [7, 11) is -3.69. The normalized spacial score (nSPS) is 13.3. The van der Waals surface area contributed by atoms with Crippen LogP contribution in [0, 0.1) is 5.82 Å². The maximum absolute atomic E-state index is 13.1. The van der Waals surface area contributed by atoms with E-state index in [2.05, 4.69) is 4.72 Å². The Balaban J connectivity index is 1.48. The van der Waals surface area contributed by atoms with Gasteiger partial charge in [0.05, 0.1) is 4.90 Å². The van der Waals surface area contributed by atoms with Gasteiger partial charge in [-0.05, 0) is 66.1 Å². The van der Waals surface area contributed by atoms with Crippen LogP contribution in [0.4, 0.5) is 10.1 Å². The van der Waals surface area contributed by atoms with Gasteiger partial charge < -0.3 is 4.90 Å². The molecule has 0 unspecified atom stereocenters. The Bertz CT molecular complexity index is 1210. The first kappa shape index (κ1) is 20.5. The van der Waals surface area contributed by atoms with E-state index in [1.165, 1.54) is 36.4 Å². The van der Waals surface area contributed by atoms with Gasteiger partial charge in [-0.15, -0.1) is 0 Å². The first-order chi connectivity index (χ1) is 14.3. The molecule has 1 aliphatic rings. The van der Waals surface area contributed by atoms with Gasteiger partial charge in [0.2, 0.25) is 10.0 Å². The van der Waals surface area contributed by atoms with Gasteiger partial charge in [0.25, 0.3) is 5.91 Å². The van der Waals surface area contributed by atoms with E-state index in [-0.39, 0.29) is 17.3 Å². The third-order valence-corrected chi connectivity index (χ3v) is 6.58. The van der Waals surface area contributed by atoms with Crippen molar-refractivity contribution in [3.05, 3.63) is 94.3 Å². The quantitative estimate of drug-likeness (QED) is 0.642. The molecule has 1 aliphatic heterocycles. The Morgan fingerprint density at radius 3 is 2.57 bits per heavy atom. The molecule has 1 N–H and O–H groups in total. The van der Waals surface area contributed by atoms with Gasteiger partial charge in [0, 0.05) is 29.4 Å². The summed E-state index contributed by atoms with van der Waals surface area (Å²) in [5, 5.41) is 0.348. The second-order valence-electron chi connectivity index (χ2n) is 6.96. The molecule has 1 amide bonds. The second-order valence-corrected chi connectivity index (χ2v) is 9.16. The summed E-state index contributed by atoms with van der Waals surface area (Å²) in [6.07, 6.45) is 0.664. The molecule has 0 saturated carbocycles. The lowest BCUT2D eigenvalue weighted by molar-refractivity contribution is 0.0989. The number of halogens is 2. The standard InChI is InChI=1S/C22H18ClFN2O3S/c23-18-2-1-3-20(13-18)30(28,29)25-14-15-4-9-21-17(12-15)10-11-26(21)22(27)16-5-7-19(24)8-6-16/h1-9,12-13,25H,10-11,14H2. The van der Waals surface area contributed by atoms with Crippen molar-refractivity contribution in [2.24, 2.45) is 0 Å². The highest BCUT2D eigenvalue weighted by Crippen LogP contribution is 2.30. The van der Waals surface area contributed by atoms with E-state index in [0.717, 1.165) is 16.8 Å². The molecule has 0 bridgehead atoms. The molecule has 0 atom stereocenters. The van der Waals surface area contributed by atoms with Crippen LogP contribution in [0.3, 0.4) is 0 Å². The molecule has 4 rings (SSSR count). The summed E-state index contributed by atoms with van der Waals surface area (Å²) < 4.78 is 40.6. The van der Waals surface area contributed by atoms with Crippen molar-refractivity contribution < 1.29 is 17.6 Å². The molecule has 8 heteroatoms. The molecule has 154 valence electrons. The fourth-order valence-corrected chi connectivity index (χ4v) is 4.74. The van der Waals surface area contributed by atoms with Crippen molar-refractivity contribution in [3.8, 4) is 0 Å². The second kappa shape index (κ2) is 8.18. The van der Waals surface area contributed by atoms with E-state index >= 15 is 0 Å². The minimum atomic E-state index is -3.69. The molecular weight excluding hydrogens is 427 g/mol. The lowest BCUT2D eigenvalue weighted by Crippen LogP contribution is -2.28. The topological polar surface area (TPSA) is 66.5 Å². The molecule has 0 radical (unpaired) electrons. The van der Waals surface area contributed by atoms with Crippen molar-refractivity contribution in [1.29, 1.82) is 0 Å². The summed E-state index contributed by atoms with van der Waals surface area (Å²) in [6, 6.07) is 17.0. The third-order valence-electron chi connectivity index (χ3n) is 4.95. The Kier molecular flexibility index (Phi) is 5.60. The first-order valence-electron chi connectivity index (χ1n) is 9.28. The summed E-state index contributed by atoms with van der Waals surface area (Å²) in [4.78, 5) is 14.5. The number of sulfonamides is 1. The van der Waals surface area contributed by atoms with E-state index in [0.29, 0.717) is 23.6 Å². The van der Waals surface area contributed by atoms with Crippen LogP contribution in [0.1, 0.15) is 21.5 Å². The molecule has 0 aromatic heterocycles. The van der Waals surface area contributed by atoms with Gasteiger partial charge in [-0.2, -0.15) is 0 Å². The van der Waals surface area contributed by atoms with Crippen LogP contribution in [0.2, 0.25) is 5.02 Å². The van der Waals surface area contributed by atoms with Crippen molar-refractivity contribution in [2.45, 2.75) is 17.9 Å². The van der Waals surface area contributed by atoms with Crippen molar-refractivity contribution in [3.63, 3.8) is 0 Å². The molecule has 3 aromatic rings. The highest BCUT2D eigenvalue weighted by molar-refractivity contribution is 7.89. The van der Waals surface area contributed by atoms with Crippen LogP contribution in [0.15, 0.2) is 71.6 Å². The van der Waals surface area contributed by atoms with Gasteiger partial charge in [-0.25, -0.2) is 17.5 Å². The van der Waals surface area contributed by atoms with E-state index in [1.807, 2.05) is 12.1 Å². The van der Waals surface area contributed by atoms with Crippen LogP contribution in [0.25, 0.3) is 0 Å². The number of fused-ring (bicyclic) bond motifs is 1. The number of hydrogen-bond acceptors (Lipinski definition) is 3. The average Bonchev–Trinajstić information content (AvgIpc) is 3.15. The number of carbonyl (C=O) groups is 1. The number of anilines is 1. The maximum Gasteiger partial charge on any atom is 0.258 e. The maximum atomic E-state index is 13.1. The molecule has 0 spiro atoms. The number of hydrogen-bond donors (Lipinski definition) is 1. The zero-order valence-electron chi connectivity index (χ0n) is 15.8. The fourth-order valence-electron chi connectivity index (χ4n) is 3.42. The predicted octanol–water partition coefficient (Wildman–Crippen LogP) is 4.16. The van der Waals surface area contributed by atoms with Gasteiger partial charge in [0.1, 0.15) is 5.82 Å². The van der Waals surface area contributed by atoms with Crippen LogP contribution < -0.4 is 9.62 Å². The zero-order chi connectivity index (χ0) is 21.3. The largest absolute Gasteiger partial charge is 0.308 e. The van der Waals surface area contributed by atoms with E-state index in [4.69, 9.17) is 11.6 Å².